The van der Waals surface area contributed by atoms with Crippen LogP contribution in [0.3, 0.4) is 0 Å². The smallest absolute Gasteiger partial charge is 0.269 e. The molecule has 0 unspecified atom stereocenters. The third kappa shape index (κ3) is 6.08. The first-order valence-corrected chi connectivity index (χ1v) is 22.9. The molecule has 5 atom stereocenters. The summed E-state index contributed by atoms with van der Waals surface area (Å²) in [5.74, 6) is -0.451. The molecule has 4 aromatic rings. The third-order valence-corrected chi connectivity index (χ3v) is 14.9. The molecule has 0 bridgehead atoms. The number of anilines is 5. The Labute approximate surface area is 337 Å². The van der Waals surface area contributed by atoms with Crippen LogP contribution in [0.5, 0.6) is 11.5 Å². The maximum atomic E-state index is 15.4. The summed E-state index contributed by atoms with van der Waals surface area (Å²) in [5, 5.41) is 10.0. The minimum atomic E-state index is -3.13. The Morgan fingerprint density at radius 1 is 0.828 bits per heavy atom. The Hall–Kier alpha value is -5.54. The molecule has 5 heterocycles. The number of hydrogen-bond acceptors (Lipinski definition) is 9. The van der Waals surface area contributed by atoms with Crippen molar-refractivity contribution in [1.29, 1.82) is 0 Å². The highest BCUT2D eigenvalue weighted by atomic mass is 28.4. The predicted octanol–water partition coefficient (Wildman–Crippen LogP) is 5.52. The van der Waals surface area contributed by atoms with Gasteiger partial charge in [-0.1, -0.05) is 43.3 Å². The lowest BCUT2D eigenvalue weighted by Crippen LogP contribution is -2.46. The van der Waals surface area contributed by atoms with Crippen LogP contribution >= 0.6 is 0 Å². The molecule has 0 saturated carbocycles. The molecule has 2 saturated heterocycles. The zero-order valence-electron chi connectivity index (χ0n) is 32.7. The van der Waals surface area contributed by atoms with Gasteiger partial charge in [0.2, 0.25) is 5.91 Å². The molecule has 13 nitrogen and oxygen atoms in total. The van der Waals surface area contributed by atoms with E-state index in [4.69, 9.17) is 14.2 Å². The van der Waals surface area contributed by atoms with Crippen LogP contribution < -0.4 is 24.2 Å². The zero-order valence-corrected chi connectivity index (χ0v) is 33.7. The van der Waals surface area contributed by atoms with E-state index in [1.807, 2.05) is 105 Å². The van der Waals surface area contributed by atoms with Crippen molar-refractivity contribution in [2.45, 2.75) is 69.1 Å². The van der Waals surface area contributed by atoms with Gasteiger partial charge in [0.15, 0.2) is 27.1 Å². The Morgan fingerprint density at radius 3 is 2.10 bits per heavy atom. The van der Waals surface area contributed by atoms with Crippen LogP contribution in [0.2, 0.25) is 18.6 Å². The van der Waals surface area contributed by atoms with Crippen molar-refractivity contribution in [2.24, 2.45) is 5.92 Å². The number of para-hydroxylation sites is 4. The Balaban J connectivity index is 1.14. The molecule has 4 aromatic carbocycles. The molecule has 0 aliphatic carbocycles. The maximum Gasteiger partial charge on any atom is 0.269 e. The van der Waals surface area contributed by atoms with E-state index in [0.717, 1.165) is 12.0 Å². The highest BCUT2D eigenvalue weighted by Gasteiger charge is 2.66. The fraction of sp³-hybridized carbons (Fsp3) is 0.364. The number of ether oxygens (including phenoxy) is 3. The molecule has 2 fully saturated rings. The number of nitrogens with zero attached hydrogens (tertiary/aromatic N) is 4. The number of carbonyl (C=O) groups excluding carboxylic acids is 4. The number of amides is 4. The van der Waals surface area contributed by atoms with Crippen molar-refractivity contribution in [3.63, 3.8) is 0 Å². The first kappa shape index (κ1) is 38.0. The highest BCUT2D eigenvalue weighted by Crippen LogP contribution is 2.60. The molecule has 5 aliphatic rings. The molecule has 4 amide bonds. The molecule has 0 radical (unpaired) electrons. The van der Waals surface area contributed by atoms with Gasteiger partial charge in [-0.05, 0) is 86.1 Å². The number of fused-ring (bicyclic) bond motifs is 4. The van der Waals surface area contributed by atoms with E-state index in [-0.39, 0.29) is 62.5 Å². The molecular formula is C44H46N4O9Si. The molecule has 9 rings (SSSR count). The van der Waals surface area contributed by atoms with E-state index in [0.29, 0.717) is 58.5 Å². The van der Waals surface area contributed by atoms with Crippen molar-refractivity contribution in [1.82, 2.24) is 4.90 Å². The Kier molecular flexibility index (Phi) is 9.42. The number of hydrogen-bond donors (Lipinski definition) is 2. The van der Waals surface area contributed by atoms with Crippen LogP contribution in [0.4, 0.5) is 28.4 Å². The molecule has 2 N–H and O–H groups in total. The largest absolute Gasteiger partial charge is 0.482 e. The van der Waals surface area contributed by atoms with Crippen molar-refractivity contribution < 1.29 is 43.3 Å². The molecule has 0 aromatic heterocycles. The van der Waals surface area contributed by atoms with Crippen molar-refractivity contribution in [3.05, 3.63) is 102 Å². The zero-order chi connectivity index (χ0) is 40.5. The summed E-state index contributed by atoms with van der Waals surface area (Å²) in [7, 11) is -3.13. The number of rotatable bonds is 8. The molecule has 58 heavy (non-hydrogen) atoms. The molecule has 300 valence electrons. The van der Waals surface area contributed by atoms with Crippen molar-refractivity contribution in [3.8, 4) is 11.5 Å². The molecule has 5 aliphatic heterocycles. The quantitative estimate of drug-likeness (QED) is 0.220. The number of benzene rings is 4. The van der Waals surface area contributed by atoms with E-state index < -0.39 is 31.5 Å². The predicted molar refractivity (Wildman–Crippen MR) is 218 cm³/mol. The third-order valence-electron chi connectivity index (χ3n) is 12.4. The monoisotopic (exact) mass is 802 g/mol. The van der Waals surface area contributed by atoms with Crippen LogP contribution in [0.15, 0.2) is 91.0 Å². The number of carbonyl (C=O) groups is 4. The normalized spacial score (nSPS) is 25.2. The second-order valence-corrected chi connectivity index (χ2v) is 20.3. The SMILES string of the molecule is C[C@H]1[C@H]([Si](C)(C)O)[C@@H](CC(=O)N2CCC[C@H]2CO)O[C@]12C(=O)N(Cc1cccc(N3C(=O)COc4ccccc43)c1)c1ccc(N3C(=O)COc4ccccc43)cc12. The highest BCUT2D eigenvalue weighted by molar-refractivity contribution is 6.71. The van der Waals surface area contributed by atoms with Gasteiger partial charge in [-0.15, -0.1) is 0 Å². The summed E-state index contributed by atoms with van der Waals surface area (Å²) in [5.41, 5.74) is 2.08. The van der Waals surface area contributed by atoms with E-state index in [1.54, 1.807) is 25.7 Å². The lowest BCUT2D eigenvalue weighted by atomic mass is 9.82. The molecule has 1 spiro atoms. The first-order valence-electron chi connectivity index (χ1n) is 19.9. The number of aliphatic hydroxyl groups is 1. The minimum absolute atomic E-state index is 0.0566. The van der Waals surface area contributed by atoms with Gasteiger partial charge < -0.3 is 33.9 Å². The standard InChI is InChI=1S/C44H46N4O9Si/c1-27-42(58(2,3)54)38(22-39(50)45-19-9-12-31(45)24-49)57-44(27)32-21-30(48-35-14-5-7-16-37(35)56-26-41(48)52)17-18-33(32)46(43(44)53)23-28-10-8-11-29(20-28)47-34-13-4-6-15-36(34)55-25-40(47)51/h4-8,10-11,13-18,20-21,27,31,38,42,49,54H,9,12,19,22-26H2,1-3H3/t27-,31-,38+,42-,44+/m0/s1. The van der Waals surface area contributed by atoms with Gasteiger partial charge in [0.05, 0.1) is 48.8 Å². The van der Waals surface area contributed by atoms with E-state index in [2.05, 4.69) is 0 Å². The fourth-order valence-electron chi connectivity index (χ4n) is 9.95. The van der Waals surface area contributed by atoms with Crippen molar-refractivity contribution in [2.75, 3.05) is 41.1 Å². The molecule has 14 heteroatoms. The van der Waals surface area contributed by atoms with E-state index in [9.17, 15) is 24.3 Å². The molecular weight excluding hydrogens is 757 g/mol. The van der Waals surface area contributed by atoms with Gasteiger partial charge in [-0.2, -0.15) is 0 Å². The van der Waals surface area contributed by atoms with Crippen LogP contribution in [0.25, 0.3) is 0 Å². The lowest BCUT2D eigenvalue weighted by Gasteiger charge is -2.33. The summed E-state index contributed by atoms with van der Waals surface area (Å²) < 4.78 is 18.5. The van der Waals surface area contributed by atoms with Crippen LogP contribution in [0.1, 0.15) is 37.3 Å². The number of aliphatic hydroxyl groups excluding tert-OH is 1. The van der Waals surface area contributed by atoms with Crippen molar-refractivity contribution >= 4 is 60.4 Å². The summed E-state index contributed by atoms with van der Waals surface area (Å²) in [6.45, 7) is 5.79. The summed E-state index contributed by atoms with van der Waals surface area (Å²) in [6.07, 6.45) is 0.639. The summed E-state index contributed by atoms with van der Waals surface area (Å²) in [6, 6.07) is 27.3. The van der Waals surface area contributed by atoms with E-state index >= 15 is 4.79 Å². The van der Waals surface area contributed by atoms with Crippen LogP contribution in [-0.2, 0) is 36.1 Å². The van der Waals surface area contributed by atoms with Gasteiger partial charge in [-0.25, -0.2) is 0 Å². The van der Waals surface area contributed by atoms with Gasteiger partial charge >= 0.3 is 0 Å². The van der Waals surface area contributed by atoms with Crippen LogP contribution in [0, 0.1) is 5.92 Å². The number of likely N-dealkylation sites (tertiary alicyclic amines) is 1. The lowest BCUT2D eigenvalue weighted by molar-refractivity contribution is -0.150. The minimum Gasteiger partial charge on any atom is -0.482 e. The summed E-state index contributed by atoms with van der Waals surface area (Å²) >= 11 is 0. The van der Waals surface area contributed by atoms with Gasteiger partial charge in [0, 0.05) is 34.9 Å². The second-order valence-electron chi connectivity index (χ2n) is 16.4. The second kappa shape index (κ2) is 14.4. The maximum absolute atomic E-state index is 15.4. The van der Waals surface area contributed by atoms with Gasteiger partial charge in [0.25, 0.3) is 17.7 Å². The van der Waals surface area contributed by atoms with Gasteiger partial charge in [0.1, 0.15) is 11.5 Å². The van der Waals surface area contributed by atoms with Crippen LogP contribution in [-0.4, -0.2) is 85.3 Å². The Morgan fingerprint density at radius 2 is 1.47 bits per heavy atom. The fourth-order valence-corrected chi connectivity index (χ4v) is 12.5. The first-order chi connectivity index (χ1) is 27.9. The topological polar surface area (TPSA) is 149 Å². The average Bonchev–Trinajstić information content (AvgIpc) is 3.88. The summed E-state index contributed by atoms with van der Waals surface area (Å²) in [4.78, 5) is 74.7. The Bertz CT molecular complexity index is 2330. The average molecular weight is 803 g/mol. The van der Waals surface area contributed by atoms with Gasteiger partial charge in [-0.3, -0.25) is 29.0 Å². The van der Waals surface area contributed by atoms with E-state index in [1.165, 1.54) is 0 Å².